The minimum atomic E-state index is -0.184. The summed E-state index contributed by atoms with van der Waals surface area (Å²) in [6, 6.07) is 0. The summed E-state index contributed by atoms with van der Waals surface area (Å²) in [6.07, 6.45) is 0.411. The maximum absolute atomic E-state index is 11.0. The van der Waals surface area contributed by atoms with E-state index in [0.29, 0.717) is 18.0 Å². The third-order valence-electron chi connectivity index (χ3n) is 2.32. The lowest BCUT2D eigenvalue weighted by Crippen LogP contribution is -2.35. The van der Waals surface area contributed by atoms with Gasteiger partial charge in [0.25, 0.3) is 0 Å². The topological polar surface area (TPSA) is 55.6 Å². The van der Waals surface area contributed by atoms with Crippen LogP contribution >= 0.6 is 12.2 Å². The number of carbonyl (C=O) groups excluding carboxylic acids is 1. The van der Waals surface area contributed by atoms with Gasteiger partial charge in [-0.15, -0.1) is 0 Å². The van der Waals surface area contributed by atoms with E-state index < -0.39 is 0 Å². The summed E-state index contributed by atoms with van der Waals surface area (Å²) in [5.41, 5.74) is 5.53. The summed E-state index contributed by atoms with van der Waals surface area (Å²) in [7, 11) is 1.40. The average Bonchev–Trinajstić information content (AvgIpc) is 2.22. The van der Waals surface area contributed by atoms with Crippen molar-refractivity contribution >= 4 is 23.2 Å². The van der Waals surface area contributed by atoms with Gasteiger partial charge in [-0.05, 0) is 6.54 Å². The molecule has 0 saturated carbocycles. The van der Waals surface area contributed by atoms with E-state index in [0.717, 1.165) is 13.1 Å². The Morgan fingerprint density at radius 2 is 2.20 bits per heavy atom. The van der Waals surface area contributed by atoms with Gasteiger partial charge < -0.3 is 15.4 Å². The highest BCUT2D eigenvalue weighted by Crippen LogP contribution is 2.01. The van der Waals surface area contributed by atoms with Crippen LogP contribution in [-0.4, -0.2) is 42.6 Å². The van der Waals surface area contributed by atoms with Crippen LogP contribution in [-0.2, 0) is 9.53 Å². The van der Waals surface area contributed by atoms with Gasteiger partial charge in [0.1, 0.15) is 0 Å². The SMILES string of the molecule is CCN(CCC(=O)OC)CC(C)C(N)=S. The van der Waals surface area contributed by atoms with E-state index in [1.54, 1.807) is 0 Å². The first-order chi connectivity index (χ1) is 7.01. The van der Waals surface area contributed by atoms with Crippen molar-refractivity contribution in [2.45, 2.75) is 20.3 Å². The highest BCUT2D eigenvalue weighted by Gasteiger charge is 2.12. The molecule has 15 heavy (non-hydrogen) atoms. The predicted molar refractivity (Wildman–Crippen MR) is 64.7 cm³/mol. The minimum Gasteiger partial charge on any atom is -0.469 e. The molecule has 0 heterocycles. The molecule has 0 amide bonds. The number of ether oxygens (including phenoxy) is 1. The van der Waals surface area contributed by atoms with E-state index >= 15 is 0 Å². The second-order valence-corrected chi connectivity index (χ2v) is 3.99. The molecule has 1 atom stereocenters. The molecule has 5 heteroatoms. The van der Waals surface area contributed by atoms with Crippen LogP contribution in [0.15, 0.2) is 0 Å². The Morgan fingerprint density at radius 1 is 1.60 bits per heavy atom. The number of nitrogens with two attached hydrogens (primary N) is 1. The zero-order chi connectivity index (χ0) is 11.8. The quantitative estimate of drug-likeness (QED) is 0.519. The van der Waals surface area contributed by atoms with Crippen LogP contribution in [0.3, 0.4) is 0 Å². The van der Waals surface area contributed by atoms with Gasteiger partial charge in [0.2, 0.25) is 0 Å². The summed E-state index contributed by atoms with van der Waals surface area (Å²) >= 11 is 4.90. The van der Waals surface area contributed by atoms with Gasteiger partial charge >= 0.3 is 5.97 Å². The molecule has 0 aliphatic heterocycles. The Bertz CT molecular complexity index is 221. The van der Waals surface area contributed by atoms with Crippen LogP contribution in [0.5, 0.6) is 0 Å². The maximum atomic E-state index is 11.0. The van der Waals surface area contributed by atoms with Gasteiger partial charge in [0, 0.05) is 19.0 Å². The number of esters is 1. The van der Waals surface area contributed by atoms with E-state index in [1.807, 2.05) is 13.8 Å². The normalized spacial score (nSPS) is 12.5. The highest BCUT2D eigenvalue weighted by molar-refractivity contribution is 7.80. The van der Waals surface area contributed by atoms with Crippen molar-refractivity contribution in [2.24, 2.45) is 11.7 Å². The predicted octanol–water partition coefficient (Wildman–Crippen LogP) is 0.794. The summed E-state index contributed by atoms with van der Waals surface area (Å²) in [6.45, 7) is 6.40. The van der Waals surface area contributed by atoms with Gasteiger partial charge in [-0.1, -0.05) is 26.1 Å². The molecular formula is C10H20N2O2S. The van der Waals surface area contributed by atoms with Crippen LogP contribution in [0.25, 0.3) is 0 Å². The number of carbonyl (C=O) groups is 1. The highest BCUT2D eigenvalue weighted by atomic mass is 32.1. The molecule has 88 valence electrons. The summed E-state index contributed by atoms with van der Waals surface area (Å²) < 4.78 is 4.58. The molecule has 0 fully saturated rings. The Labute approximate surface area is 96.8 Å². The van der Waals surface area contributed by atoms with Gasteiger partial charge in [0.05, 0.1) is 18.5 Å². The first kappa shape index (κ1) is 14.3. The third kappa shape index (κ3) is 6.41. The van der Waals surface area contributed by atoms with Gasteiger partial charge in [-0.25, -0.2) is 0 Å². The number of rotatable bonds is 7. The second kappa shape index (κ2) is 7.59. The van der Waals surface area contributed by atoms with E-state index in [4.69, 9.17) is 18.0 Å². The molecule has 1 unspecified atom stereocenters. The van der Waals surface area contributed by atoms with Crippen molar-refractivity contribution in [3.63, 3.8) is 0 Å². The lowest BCUT2D eigenvalue weighted by molar-refractivity contribution is -0.141. The third-order valence-corrected chi connectivity index (χ3v) is 2.73. The molecule has 0 aromatic rings. The standard InChI is InChI=1S/C10H20N2O2S/c1-4-12(6-5-9(13)14-3)7-8(2)10(11)15/h8H,4-7H2,1-3H3,(H2,11,15). The number of hydrogen-bond donors (Lipinski definition) is 1. The van der Waals surface area contributed by atoms with Crippen molar-refractivity contribution in [3.8, 4) is 0 Å². The van der Waals surface area contributed by atoms with Crippen LogP contribution < -0.4 is 5.73 Å². The first-order valence-electron chi connectivity index (χ1n) is 5.09. The van der Waals surface area contributed by atoms with E-state index in [2.05, 4.69) is 9.64 Å². The van der Waals surface area contributed by atoms with Gasteiger partial charge in [-0.3, -0.25) is 4.79 Å². The molecule has 0 saturated heterocycles. The second-order valence-electron chi connectivity index (χ2n) is 3.52. The molecule has 2 N–H and O–H groups in total. The number of nitrogens with zero attached hydrogens (tertiary/aromatic N) is 1. The fraction of sp³-hybridized carbons (Fsp3) is 0.800. The van der Waals surface area contributed by atoms with Crippen LogP contribution in [0.2, 0.25) is 0 Å². The van der Waals surface area contributed by atoms with Crippen molar-refractivity contribution in [2.75, 3.05) is 26.7 Å². The fourth-order valence-corrected chi connectivity index (χ4v) is 1.28. The van der Waals surface area contributed by atoms with Gasteiger partial charge in [-0.2, -0.15) is 0 Å². The zero-order valence-corrected chi connectivity index (χ0v) is 10.5. The largest absolute Gasteiger partial charge is 0.469 e. The van der Waals surface area contributed by atoms with Crippen molar-refractivity contribution in [3.05, 3.63) is 0 Å². The Hall–Kier alpha value is -0.680. The zero-order valence-electron chi connectivity index (χ0n) is 9.66. The van der Waals surface area contributed by atoms with Crippen molar-refractivity contribution in [1.82, 2.24) is 4.90 Å². The van der Waals surface area contributed by atoms with Crippen molar-refractivity contribution in [1.29, 1.82) is 0 Å². The van der Waals surface area contributed by atoms with E-state index in [9.17, 15) is 4.79 Å². The molecule has 0 radical (unpaired) electrons. The fourth-order valence-electron chi connectivity index (χ4n) is 1.21. The monoisotopic (exact) mass is 232 g/mol. The number of hydrogen-bond acceptors (Lipinski definition) is 4. The smallest absolute Gasteiger partial charge is 0.306 e. The van der Waals surface area contributed by atoms with Crippen LogP contribution in [0.1, 0.15) is 20.3 Å². The van der Waals surface area contributed by atoms with Crippen LogP contribution in [0.4, 0.5) is 0 Å². The minimum absolute atomic E-state index is 0.178. The van der Waals surface area contributed by atoms with Crippen molar-refractivity contribution < 1.29 is 9.53 Å². The van der Waals surface area contributed by atoms with Gasteiger partial charge in [0.15, 0.2) is 0 Å². The maximum Gasteiger partial charge on any atom is 0.306 e. The average molecular weight is 232 g/mol. The molecule has 0 aliphatic carbocycles. The summed E-state index contributed by atoms with van der Waals surface area (Å²) in [5, 5.41) is 0. The lowest BCUT2D eigenvalue weighted by Gasteiger charge is -2.23. The molecule has 0 aliphatic rings. The van der Waals surface area contributed by atoms with E-state index in [1.165, 1.54) is 7.11 Å². The molecular weight excluding hydrogens is 212 g/mol. The Kier molecular flexibility index (Phi) is 7.25. The summed E-state index contributed by atoms with van der Waals surface area (Å²) in [4.78, 5) is 13.6. The molecule has 0 aromatic heterocycles. The Balaban J connectivity index is 3.92. The lowest BCUT2D eigenvalue weighted by atomic mass is 10.1. The molecule has 0 rings (SSSR count). The summed E-state index contributed by atoms with van der Waals surface area (Å²) in [5.74, 6) is -0.00553. The molecule has 4 nitrogen and oxygen atoms in total. The first-order valence-corrected chi connectivity index (χ1v) is 5.50. The van der Waals surface area contributed by atoms with E-state index in [-0.39, 0.29) is 11.9 Å². The van der Waals surface area contributed by atoms with Crippen LogP contribution in [0, 0.1) is 5.92 Å². The Morgan fingerprint density at radius 3 is 2.60 bits per heavy atom. The number of thiocarbonyl (C=S) groups is 1. The molecule has 0 aromatic carbocycles. The molecule has 0 spiro atoms. The molecule has 0 bridgehead atoms. The number of methoxy groups -OCH3 is 1.